The maximum atomic E-state index is 12.2. The van der Waals surface area contributed by atoms with E-state index in [1.165, 1.54) is 32.8 Å². The maximum absolute atomic E-state index is 12.2. The van der Waals surface area contributed by atoms with E-state index in [0.29, 0.717) is 32.3 Å². The molecule has 96 valence electrons. The first-order valence-corrected chi connectivity index (χ1v) is 6.49. The predicted octanol–water partition coefficient (Wildman–Crippen LogP) is 1.38. The first-order valence-electron chi connectivity index (χ1n) is 6.49. The van der Waals surface area contributed by atoms with E-state index in [-0.39, 0.29) is 11.4 Å². The number of carbonyl (C=O) groups is 1. The SMILES string of the molecule is COC(=O)C1(C2(C3CCCC3)COC2)COC1. The van der Waals surface area contributed by atoms with Gasteiger partial charge in [-0.3, -0.25) is 4.79 Å². The average molecular weight is 240 g/mol. The summed E-state index contributed by atoms with van der Waals surface area (Å²) >= 11 is 0. The summed E-state index contributed by atoms with van der Waals surface area (Å²) in [7, 11) is 1.48. The fourth-order valence-electron chi connectivity index (χ4n) is 3.81. The summed E-state index contributed by atoms with van der Waals surface area (Å²) in [6.45, 7) is 2.44. The van der Waals surface area contributed by atoms with Crippen molar-refractivity contribution in [3.8, 4) is 0 Å². The van der Waals surface area contributed by atoms with Crippen LogP contribution in [0.1, 0.15) is 25.7 Å². The van der Waals surface area contributed by atoms with E-state index >= 15 is 0 Å². The van der Waals surface area contributed by atoms with E-state index in [0.717, 1.165) is 0 Å². The molecular weight excluding hydrogens is 220 g/mol. The summed E-state index contributed by atoms with van der Waals surface area (Å²) in [6.07, 6.45) is 5.01. The molecular formula is C13H20O4. The van der Waals surface area contributed by atoms with Crippen LogP contribution in [-0.2, 0) is 19.0 Å². The Kier molecular flexibility index (Phi) is 2.67. The molecule has 0 aromatic heterocycles. The number of carbonyl (C=O) groups excluding carboxylic acids is 1. The van der Waals surface area contributed by atoms with Gasteiger partial charge in [-0.15, -0.1) is 0 Å². The zero-order chi connectivity index (χ0) is 11.9. The van der Waals surface area contributed by atoms with Gasteiger partial charge in [-0.1, -0.05) is 12.8 Å². The van der Waals surface area contributed by atoms with Crippen molar-refractivity contribution in [3.05, 3.63) is 0 Å². The minimum Gasteiger partial charge on any atom is -0.468 e. The van der Waals surface area contributed by atoms with Crippen LogP contribution >= 0.6 is 0 Å². The van der Waals surface area contributed by atoms with E-state index in [1.807, 2.05) is 0 Å². The minimum absolute atomic E-state index is 0.00512. The Morgan fingerprint density at radius 2 is 1.71 bits per heavy atom. The van der Waals surface area contributed by atoms with Gasteiger partial charge >= 0.3 is 5.97 Å². The van der Waals surface area contributed by atoms with E-state index < -0.39 is 5.41 Å². The van der Waals surface area contributed by atoms with Crippen molar-refractivity contribution in [1.29, 1.82) is 0 Å². The van der Waals surface area contributed by atoms with Crippen LogP contribution in [0.25, 0.3) is 0 Å². The smallest absolute Gasteiger partial charge is 0.317 e. The van der Waals surface area contributed by atoms with Gasteiger partial charge in [0.15, 0.2) is 0 Å². The molecule has 4 nitrogen and oxygen atoms in total. The van der Waals surface area contributed by atoms with Gasteiger partial charge in [0.1, 0.15) is 5.41 Å². The molecule has 1 saturated carbocycles. The van der Waals surface area contributed by atoms with E-state index in [4.69, 9.17) is 14.2 Å². The first kappa shape index (κ1) is 11.5. The second-order valence-corrected chi connectivity index (χ2v) is 5.70. The summed E-state index contributed by atoms with van der Waals surface area (Å²) < 4.78 is 15.8. The lowest BCUT2D eigenvalue weighted by Crippen LogP contribution is -2.70. The maximum Gasteiger partial charge on any atom is 0.317 e. The quantitative estimate of drug-likeness (QED) is 0.699. The Labute approximate surface area is 102 Å². The number of rotatable bonds is 3. The molecule has 3 fully saturated rings. The molecule has 0 radical (unpaired) electrons. The van der Waals surface area contributed by atoms with Crippen molar-refractivity contribution in [2.75, 3.05) is 33.5 Å². The number of hydrogen-bond acceptors (Lipinski definition) is 4. The van der Waals surface area contributed by atoms with Crippen LogP contribution in [0, 0.1) is 16.7 Å². The molecule has 2 saturated heterocycles. The van der Waals surface area contributed by atoms with Gasteiger partial charge in [0, 0.05) is 5.41 Å². The monoisotopic (exact) mass is 240 g/mol. The average Bonchev–Trinajstić information content (AvgIpc) is 2.72. The molecule has 0 spiro atoms. The second-order valence-electron chi connectivity index (χ2n) is 5.70. The molecule has 3 rings (SSSR count). The molecule has 3 aliphatic rings. The summed E-state index contributed by atoms with van der Waals surface area (Å²) in [5, 5.41) is 0. The van der Waals surface area contributed by atoms with Crippen LogP contribution in [0.2, 0.25) is 0 Å². The van der Waals surface area contributed by atoms with E-state index in [9.17, 15) is 4.79 Å². The summed E-state index contributed by atoms with van der Waals surface area (Å²) in [5.74, 6) is 0.512. The highest BCUT2D eigenvalue weighted by Gasteiger charge is 2.68. The fourth-order valence-corrected chi connectivity index (χ4v) is 3.81. The van der Waals surface area contributed by atoms with Crippen LogP contribution < -0.4 is 0 Å². The van der Waals surface area contributed by atoms with E-state index in [2.05, 4.69) is 0 Å². The molecule has 0 atom stereocenters. The van der Waals surface area contributed by atoms with Gasteiger partial charge in [-0.25, -0.2) is 0 Å². The molecule has 2 heterocycles. The zero-order valence-corrected chi connectivity index (χ0v) is 10.4. The van der Waals surface area contributed by atoms with Crippen molar-refractivity contribution < 1.29 is 19.0 Å². The molecule has 1 aliphatic carbocycles. The second kappa shape index (κ2) is 3.95. The van der Waals surface area contributed by atoms with Crippen molar-refractivity contribution >= 4 is 5.97 Å². The highest BCUT2D eigenvalue weighted by atomic mass is 16.6. The third kappa shape index (κ3) is 1.34. The van der Waals surface area contributed by atoms with Gasteiger partial charge in [-0.2, -0.15) is 0 Å². The highest BCUT2D eigenvalue weighted by molar-refractivity contribution is 5.79. The van der Waals surface area contributed by atoms with Gasteiger partial charge in [0.2, 0.25) is 0 Å². The van der Waals surface area contributed by atoms with E-state index in [1.54, 1.807) is 0 Å². The summed E-state index contributed by atoms with van der Waals surface area (Å²) in [6, 6.07) is 0. The van der Waals surface area contributed by atoms with Crippen molar-refractivity contribution in [2.24, 2.45) is 16.7 Å². The molecule has 0 aromatic rings. The molecule has 0 aromatic carbocycles. The lowest BCUT2D eigenvalue weighted by molar-refractivity contribution is -0.285. The third-order valence-electron chi connectivity index (χ3n) is 5.08. The van der Waals surface area contributed by atoms with Crippen molar-refractivity contribution in [2.45, 2.75) is 25.7 Å². The number of methoxy groups -OCH3 is 1. The molecule has 0 bridgehead atoms. The van der Waals surface area contributed by atoms with Crippen LogP contribution in [0.3, 0.4) is 0 Å². The molecule has 0 unspecified atom stereocenters. The fraction of sp³-hybridized carbons (Fsp3) is 0.923. The van der Waals surface area contributed by atoms with Crippen LogP contribution in [-0.4, -0.2) is 39.5 Å². The lowest BCUT2D eigenvalue weighted by Gasteiger charge is -2.59. The molecule has 0 amide bonds. The van der Waals surface area contributed by atoms with Gasteiger partial charge in [-0.05, 0) is 18.8 Å². The van der Waals surface area contributed by atoms with Crippen molar-refractivity contribution in [3.63, 3.8) is 0 Å². The Bertz CT molecular complexity index is 311. The number of esters is 1. The molecule has 17 heavy (non-hydrogen) atoms. The Balaban J connectivity index is 1.90. The van der Waals surface area contributed by atoms with Crippen molar-refractivity contribution in [1.82, 2.24) is 0 Å². The first-order chi connectivity index (χ1) is 8.25. The normalized spacial score (nSPS) is 30.4. The van der Waals surface area contributed by atoms with Gasteiger partial charge in [0.05, 0.1) is 33.5 Å². The largest absolute Gasteiger partial charge is 0.468 e. The topological polar surface area (TPSA) is 44.8 Å². The number of hydrogen-bond donors (Lipinski definition) is 0. The van der Waals surface area contributed by atoms with Crippen LogP contribution in [0.5, 0.6) is 0 Å². The van der Waals surface area contributed by atoms with Crippen LogP contribution in [0.15, 0.2) is 0 Å². The molecule has 4 heteroatoms. The summed E-state index contributed by atoms with van der Waals surface area (Å²) in [4.78, 5) is 12.2. The number of ether oxygens (including phenoxy) is 3. The summed E-state index contributed by atoms with van der Waals surface area (Å²) in [5.41, 5.74) is -0.427. The third-order valence-corrected chi connectivity index (χ3v) is 5.08. The van der Waals surface area contributed by atoms with Gasteiger partial charge in [0.25, 0.3) is 0 Å². The Morgan fingerprint density at radius 3 is 2.06 bits per heavy atom. The lowest BCUT2D eigenvalue weighted by atomic mass is 9.54. The predicted molar refractivity (Wildman–Crippen MR) is 60.5 cm³/mol. The van der Waals surface area contributed by atoms with Gasteiger partial charge < -0.3 is 14.2 Å². The minimum atomic E-state index is -0.422. The Hall–Kier alpha value is -0.610. The molecule has 0 N–H and O–H groups in total. The highest BCUT2D eigenvalue weighted by Crippen LogP contribution is 2.58. The molecule has 2 aliphatic heterocycles. The standard InChI is InChI=1S/C13H20O4/c1-15-11(14)13(8-17-9-13)12(6-16-7-12)10-4-2-3-5-10/h10H,2-9H2,1H3. The zero-order valence-electron chi connectivity index (χ0n) is 10.4. The Morgan fingerprint density at radius 1 is 1.12 bits per heavy atom. The van der Waals surface area contributed by atoms with Crippen LogP contribution in [0.4, 0.5) is 0 Å².